The standard InChI is InChI=1S/C18H21N7O/c1-12-21-16(24-26-12)11-25(2)18-14-5-8-19-9-6-15(14)22-17(23-18)13-4-3-7-20-10-13/h3-4,7,10,19H,5-6,8-9,11H2,1-2H3. The zero-order chi connectivity index (χ0) is 17.9. The summed E-state index contributed by atoms with van der Waals surface area (Å²) < 4.78 is 5.09. The number of rotatable bonds is 4. The molecule has 8 heteroatoms. The van der Waals surface area contributed by atoms with Crippen molar-refractivity contribution in [2.75, 3.05) is 25.0 Å². The van der Waals surface area contributed by atoms with E-state index in [2.05, 4.69) is 25.3 Å². The van der Waals surface area contributed by atoms with Crippen molar-refractivity contribution in [3.05, 3.63) is 47.5 Å². The summed E-state index contributed by atoms with van der Waals surface area (Å²) in [5.41, 5.74) is 3.19. The molecule has 1 N–H and O–H groups in total. The number of hydrogen-bond acceptors (Lipinski definition) is 8. The highest BCUT2D eigenvalue weighted by molar-refractivity contribution is 5.60. The van der Waals surface area contributed by atoms with Gasteiger partial charge in [-0.2, -0.15) is 4.98 Å². The molecule has 8 nitrogen and oxygen atoms in total. The van der Waals surface area contributed by atoms with Crippen LogP contribution in [-0.4, -0.2) is 45.2 Å². The molecule has 4 rings (SSSR count). The maximum atomic E-state index is 5.09. The van der Waals surface area contributed by atoms with Crippen molar-refractivity contribution >= 4 is 5.82 Å². The number of fused-ring (bicyclic) bond motifs is 1. The van der Waals surface area contributed by atoms with Gasteiger partial charge in [-0.05, 0) is 25.1 Å². The lowest BCUT2D eigenvalue weighted by Crippen LogP contribution is -2.22. The van der Waals surface area contributed by atoms with Crippen LogP contribution in [0.5, 0.6) is 0 Å². The van der Waals surface area contributed by atoms with Crippen LogP contribution in [0.25, 0.3) is 11.4 Å². The predicted octanol–water partition coefficient (Wildman–Crippen LogP) is 1.55. The SMILES string of the molecule is Cc1nc(CN(C)c2nc(-c3cccnc3)nc3c2CCNCC3)no1. The van der Waals surface area contributed by atoms with Crippen LogP contribution in [0.2, 0.25) is 0 Å². The van der Waals surface area contributed by atoms with Gasteiger partial charge in [0, 0.05) is 50.5 Å². The molecule has 1 aliphatic heterocycles. The molecular formula is C18H21N7O. The van der Waals surface area contributed by atoms with Gasteiger partial charge in [-0.1, -0.05) is 5.16 Å². The first-order valence-electron chi connectivity index (χ1n) is 8.72. The van der Waals surface area contributed by atoms with Gasteiger partial charge in [0.15, 0.2) is 11.6 Å². The molecule has 0 spiro atoms. The second-order valence-electron chi connectivity index (χ2n) is 6.37. The van der Waals surface area contributed by atoms with Crippen molar-refractivity contribution in [2.24, 2.45) is 0 Å². The van der Waals surface area contributed by atoms with E-state index in [0.717, 1.165) is 43.0 Å². The van der Waals surface area contributed by atoms with Crippen LogP contribution in [0, 0.1) is 6.92 Å². The zero-order valence-corrected chi connectivity index (χ0v) is 14.9. The number of anilines is 1. The highest BCUT2D eigenvalue weighted by Crippen LogP contribution is 2.27. The highest BCUT2D eigenvalue weighted by atomic mass is 16.5. The fourth-order valence-corrected chi connectivity index (χ4v) is 3.16. The van der Waals surface area contributed by atoms with Gasteiger partial charge in [-0.3, -0.25) is 4.98 Å². The Labute approximate surface area is 151 Å². The average molecular weight is 351 g/mol. The Kier molecular flexibility index (Phi) is 4.57. The maximum absolute atomic E-state index is 5.09. The summed E-state index contributed by atoms with van der Waals surface area (Å²) in [6.07, 6.45) is 5.33. The van der Waals surface area contributed by atoms with Crippen molar-refractivity contribution in [1.82, 2.24) is 30.4 Å². The Balaban J connectivity index is 1.75. The molecule has 0 saturated heterocycles. The third-order valence-electron chi connectivity index (χ3n) is 4.39. The summed E-state index contributed by atoms with van der Waals surface area (Å²) in [7, 11) is 2.00. The van der Waals surface area contributed by atoms with Gasteiger partial charge >= 0.3 is 0 Å². The topological polar surface area (TPSA) is 92.9 Å². The van der Waals surface area contributed by atoms with E-state index in [1.807, 2.05) is 19.2 Å². The summed E-state index contributed by atoms with van der Waals surface area (Å²) in [4.78, 5) is 20.3. The predicted molar refractivity (Wildman–Crippen MR) is 96.7 cm³/mol. The molecule has 0 unspecified atom stereocenters. The molecule has 3 aromatic heterocycles. The largest absolute Gasteiger partial charge is 0.352 e. The van der Waals surface area contributed by atoms with Gasteiger partial charge in [-0.25, -0.2) is 9.97 Å². The molecule has 3 aromatic rings. The number of aryl methyl sites for hydroxylation is 1. The molecule has 0 radical (unpaired) electrons. The molecule has 0 bridgehead atoms. The number of nitrogens with one attached hydrogen (secondary N) is 1. The lowest BCUT2D eigenvalue weighted by atomic mass is 10.1. The average Bonchev–Trinajstić information content (AvgIpc) is 2.92. The Hall–Kier alpha value is -2.87. The summed E-state index contributed by atoms with van der Waals surface area (Å²) >= 11 is 0. The molecule has 0 fully saturated rings. The third-order valence-corrected chi connectivity index (χ3v) is 4.39. The summed E-state index contributed by atoms with van der Waals surface area (Å²) in [6, 6.07) is 3.88. The van der Waals surface area contributed by atoms with Crippen molar-refractivity contribution in [3.8, 4) is 11.4 Å². The molecular weight excluding hydrogens is 330 g/mol. The van der Waals surface area contributed by atoms with Crippen LogP contribution in [0.3, 0.4) is 0 Å². The third kappa shape index (κ3) is 3.41. The van der Waals surface area contributed by atoms with E-state index >= 15 is 0 Å². The van der Waals surface area contributed by atoms with Gasteiger partial charge in [0.2, 0.25) is 5.89 Å². The molecule has 0 saturated carbocycles. The van der Waals surface area contributed by atoms with Gasteiger partial charge in [0.05, 0.1) is 12.2 Å². The Morgan fingerprint density at radius 2 is 2.08 bits per heavy atom. The lowest BCUT2D eigenvalue weighted by molar-refractivity contribution is 0.387. The first kappa shape index (κ1) is 16.6. The normalized spacial score (nSPS) is 13.9. The zero-order valence-electron chi connectivity index (χ0n) is 14.9. The van der Waals surface area contributed by atoms with Crippen LogP contribution < -0.4 is 10.2 Å². The Morgan fingerprint density at radius 1 is 1.19 bits per heavy atom. The van der Waals surface area contributed by atoms with Gasteiger partial charge < -0.3 is 14.7 Å². The second kappa shape index (κ2) is 7.17. The molecule has 134 valence electrons. The fourth-order valence-electron chi connectivity index (χ4n) is 3.16. The van der Waals surface area contributed by atoms with E-state index in [-0.39, 0.29) is 0 Å². The molecule has 0 amide bonds. The summed E-state index contributed by atoms with van der Waals surface area (Å²) in [5.74, 6) is 2.83. The van der Waals surface area contributed by atoms with E-state index in [1.165, 1.54) is 5.56 Å². The smallest absolute Gasteiger partial charge is 0.223 e. The molecule has 0 aliphatic carbocycles. The first-order valence-corrected chi connectivity index (χ1v) is 8.72. The minimum Gasteiger partial charge on any atom is -0.352 e. The minimum atomic E-state index is 0.528. The Bertz CT molecular complexity index is 894. The highest BCUT2D eigenvalue weighted by Gasteiger charge is 2.21. The van der Waals surface area contributed by atoms with Crippen molar-refractivity contribution in [1.29, 1.82) is 0 Å². The monoisotopic (exact) mass is 351 g/mol. The van der Waals surface area contributed by atoms with Gasteiger partial charge in [0.25, 0.3) is 0 Å². The van der Waals surface area contributed by atoms with Gasteiger partial charge in [0.1, 0.15) is 5.82 Å². The van der Waals surface area contributed by atoms with Crippen molar-refractivity contribution in [3.63, 3.8) is 0 Å². The second-order valence-corrected chi connectivity index (χ2v) is 6.37. The molecule has 1 aliphatic rings. The fraction of sp³-hybridized carbons (Fsp3) is 0.389. The lowest BCUT2D eigenvalue weighted by Gasteiger charge is -2.21. The van der Waals surface area contributed by atoms with Crippen LogP contribution in [0.1, 0.15) is 23.0 Å². The maximum Gasteiger partial charge on any atom is 0.223 e. The molecule has 0 aromatic carbocycles. The number of hydrogen-bond donors (Lipinski definition) is 1. The molecule has 4 heterocycles. The quantitative estimate of drug-likeness (QED) is 0.757. The first-order chi connectivity index (χ1) is 12.7. The minimum absolute atomic E-state index is 0.528. The van der Waals surface area contributed by atoms with Gasteiger partial charge in [-0.15, -0.1) is 0 Å². The van der Waals surface area contributed by atoms with E-state index in [9.17, 15) is 0 Å². The number of aromatic nitrogens is 5. The van der Waals surface area contributed by atoms with Crippen molar-refractivity contribution < 1.29 is 4.52 Å². The van der Waals surface area contributed by atoms with E-state index in [1.54, 1.807) is 19.3 Å². The van der Waals surface area contributed by atoms with E-state index in [0.29, 0.717) is 24.1 Å². The summed E-state index contributed by atoms with van der Waals surface area (Å²) in [5, 5.41) is 7.43. The van der Waals surface area contributed by atoms with Crippen LogP contribution in [0.15, 0.2) is 29.0 Å². The van der Waals surface area contributed by atoms with Crippen LogP contribution in [0.4, 0.5) is 5.82 Å². The van der Waals surface area contributed by atoms with E-state index in [4.69, 9.17) is 14.5 Å². The van der Waals surface area contributed by atoms with Crippen molar-refractivity contribution in [2.45, 2.75) is 26.3 Å². The number of pyridine rings is 1. The molecule has 0 atom stereocenters. The Morgan fingerprint density at radius 3 is 2.85 bits per heavy atom. The summed E-state index contributed by atoms with van der Waals surface area (Å²) in [6.45, 7) is 4.16. The number of nitrogens with zero attached hydrogens (tertiary/aromatic N) is 6. The van der Waals surface area contributed by atoms with Crippen LogP contribution >= 0.6 is 0 Å². The van der Waals surface area contributed by atoms with Crippen LogP contribution in [-0.2, 0) is 19.4 Å². The van der Waals surface area contributed by atoms with E-state index < -0.39 is 0 Å². The molecule has 26 heavy (non-hydrogen) atoms.